The Morgan fingerprint density at radius 3 is 2.17 bits per heavy atom. The third-order valence-electron chi connectivity index (χ3n) is 3.45. The van der Waals surface area contributed by atoms with Gasteiger partial charge in [0.25, 0.3) is 0 Å². The van der Waals surface area contributed by atoms with Crippen molar-refractivity contribution in [2.75, 3.05) is 0 Å². The van der Waals surface area contributed by atoms with Gasteiger partial charge < -0.3 is 11.2 Å². The van der Waals surface area contributed by atoms with Crippen LogP contribution < -0.4 is 5.73 Å². The molecule has 1 rings (SSSR count). The SMILES string of the molecule is CCCCCCC(c1ccccc1)C(C)(C)N.O. The first kappa shape index (κ1) is 17.1. The third kappa shape index (κ3) is 5.65. The summed E-state index contributed by atoms with van der Waals surface area (Å²) in [5.74, 6) is 0.473. The van der Waals surface area contributed by atoms with Crippen LogP contribution in [0.5, 0.6) is 0 Å². The van der Waals surface area contributed by atoms with Crippen molar-refractivity contribution in [1.82, 2.24) is 0 Å². The van der Waals surface area contributed by atoms with Crippen LogP contribution in [0, 0.1) is 0 Å². The van der Waals surface area contributed by atoms with Crippen molar-refractivity contribution in [3.8, 4) is 0 Å². The van der Waals surface area contributed by atoms with Gasteiger partial charge in [0, 0.05) is 11.5 Å². The van der Waals surface area contributed by atoms with Crippen LogP contribution in [0.25, 0.3) is 0 Å². The van der Waals surface area contributed by atoms with Crippen LogP contribution in [0.3, 0.4) is 0 Å². The van der Waals surface area contributed by atoms with E-state index in [1.165, 1.54) is 37.7 Å². The van der Waals surface area contributed by atoms with Crippen LogP contribution in [-0.4, -0.2) is 11.0 Å². The lowest BCUT2D eigenvalue weighted by molar-refractivity contribution is 0.378. The van der Waals surface area contributed by atoms with Crippen LogP contribution in [0.4, 0.5) is 0 Å². The second kappa shape index (κ2) is 8.28. The van der Waals surface area contributed by atoms with E-state index in [9.17, 15) is 0 Å². The fraction of sp³-hybridized carbons (Fsp3) is 0.625. The average Bonchev–Trinajstić information content (AvgIpc) is 2.28. The number of unbranched alkanes of at least 4 members (excludes halogenated alkanes) is 3. The average molecular weight is 251 g/mol. The van der Waals surface area contributed by atoms with Gasteiger partial charge in [-0.3, -0.25) is 0 Å². The Kier molecular flexibility index (Phi) is 7.88. The van der Waals surface area contributed by atoms with Gasteiger partial charge in [-0.1, -0.05) is 62.9 Å². The second-order valence-electron chi connectivity index (χ2n) is 5.63. The predicted molar refractivity (Wildman–Crippen MR) is 79.8 cm³/mol. The lowest BCUT2D eigenvalue weighted by Crippen LogP contribution is -2.39. The molecule has 2 nitrogen and oxygen atoms in total. The van der Waals surface area contributed by atoms with Crippen LogP contribution in [0.2, 0.25) is 0 Å². The molecule has 0 aliphatic rings. The molecule has 2 heteroatoms. The van der Waals surface area contributed by atoms with E-state index in [0.29, 0.717) is 5.92 Å². The normalized spacial score (nSPS) is 12.9. The van der Waals surface area contributed by atoms with Gasteiger partial charge in [-0.2, -0.15) is 0 Å². The molecule has 0 heterocycles. The van der Waals surface area contributed by atoms with Gasteiger partial charge in [0.2, 0.25) is 0 Å². The van der Waals surface area contributed by atoms with Crippen molar-refractivity contribution < 1.29 is 5.48 Å². The topological polar surface area (TPSA) is 57.5 Å². The molecule has 0 amide bonds. The van der Waals surface area contributed by atoms with Crippen LogP contribution in [0.15, 0.2) is 30.3 Å². The maximum absolute atomic E-state index is 6.33. The monoisotopic (exact) mass is 251 g/mol. The number of rotatable bonds is 7. The zero-order chi connectivity index (χ0) is 12.7. The molecular weight excluding hydrogens is 222 g/mol. The molecule has 0 aromatic heterocycles. The van der Waals surface area contributed by atoms with E-state index in [1.54, 1.807) is 0 Å². The molecule has 1 aromatic rings. The van der Waals surface area contributed by atoms with Gasteiger partial charge in [0.15, 0.2) is 0 Å². The van der Waals surface area contributed by atoms with E-state index in [-0.39, 0.29) is 11.0 Å². The molecule has 0 radical (unpaired) electrons. The Balaban J connectivity index is 0.00000289. The van der Waals surface area contributed by atoms with Crippen molar-refractivity contribution in [2.24, 2.45) is 5.73 Å². The second-order valence-corrected chi connectivity index (χ2v) is 5.63. The highest BCUT2D eigenvalue weighted by atomic mass is 16.0. The summed E-state index contributed by atoms with van der Waals surface area (Å²) in [7, 11) is 0. The van der Waals surface area contributed by atoms with Crippen molar-refractivity contribution in [3.05, 3.63) is 35.9 Å². The van der Waals surface area contributed by atoms with Crippen molar-refractivity contribution >= 4 is 0 Å². The highest BCUT2D eigenvalue weighted by molar-refractivity contribution is 5.22. The van der Waals surface area contributed by atoms with Crippen LogP contribution >= 0.6 is 0 Å². The van der Waals surface area contributed by atoms with Gasteiger partial charge in [0.05, 0.1) is 0 Å². The minimum absolute atomic E-state index is 0. The maximum Gasteiger partial charge on any atom is 0.0166 e. The molecule has 104 valence electrons. The number of nitrogens with two attached hydrogens (primary N) is 1. The lowest BCUT2D eigenvalue weighted by atomic mass is 9.79. The van der Waals surface area contributed by atoms with E-state index >= 15 is 0 Å². The van der Waals surface area contributed by atoms with E-state index in [4.69, 9.17) is 5.73 Å². The summed E-state index contributed by atoms with van der Waals surface area (Å²) >= 11 is 0. The first-order valence-electron chi connectivity index (χ1n) is 6.89. The molecule has 0 saturated heterocycles. The molecule has 1 atom stereocenters. The minimum atomic E-state index is -0.131. The van der Waals surface area contributed by atoms with Gasteiger partial charge in [-0.25, -0.2) is 0 Å². The Morgan fingerprint density at radius 2 is 1.67 bits per heavy atom. The standard InChI is InChI=1S/C16H27N.H2O/c1-4-5-6-10-13-15(16(2,3)17)14-11-8-7-9-12-14;/h7-9,11-12,15H,4-6,10,13,17H2,1-3H3;1H2. The lowest BCUT2D eigenvalue weighted by Gasteiger charge is -2.31. The Hall–Kier alpha value is -0.860. The summed E-state index contributed by atoms with van der Waals surface area (Å²) in [4.78, 5) is 0. The van der Waals surface area contributed by atoms with Crippen LogP contribution in [0.1, 0.15) is 64.4 Å². The predicted octanol–water partition coefficient (Wildman–Crippen LogP) is 3.65. The molecule has 1 unspecified atom stereocenters. The Labute approximate surface area is 112 Å². The molecule has 0 fully saturated rings. The zero-order valence-electron chi connectivity index (χ0n) is 12.1. The van der Waals surface area contributed by atoms with Crippen molar-refractivity contribution in [1.29, 1.82) is 0 Å². The highest BCUT2D eigenvalue weighted by Gasteiger charge is 2.25. The Bertz CT molecular complexity index is 303. The largest absolute Gasteiger partial charge is 0.412 e. The van der Waals surface area contributed by atoms with Gasteiger partial charge >= 0.3 is 0 Å². The summed E-state index contributed by atoms with van der Waals surface area (Å²) < 4.78 is 0. The summed E-state index contributed by atoms with van der Waals surface area (Å²) in [6.07, 6.45) is 6.45. The molecule has 18 heavy (non-hydrogen) atoms. The molecule has 1 aromatic carbocycles. The summed E-state index contributed by atoms with van der Waals surface area (Å²) in [5.41, 5.74) is 7.58. The zero-order valence-corrected chi connectivity index (χ0v) is 12.1. The quantitative estimate of drug-likeness (QED) is 0.739. The van der Waals surface area contributed by atoms with Crippen molar-refractivity contribution in [2.45, 2.75) is 64.3 Å². The highest BCUT2D eigenvalue weighted by Crippen LogP contribution is 2.31. The summed E-state index contributed by atoms with van der Waals surface area (Å²) in [6, 6.07) is 10.7. The molecule has 0 aliphatic heterocycles. The fourth-order valence-corrected chi connectivity index (χ4v) is 2.43. The van der Waals surface area contributed by atoms with Gasteiger partial charge in [0.1, 0.15) is 0 Å². The summed E-state index contributed by atoms with van der Waals surface area (Å²) in [5, 5.41) is 0. The van der Waals surface area contributed by atoms with E-state index in [2.05, 4.69) is 51.1 Å². The first-order chi connectivity index (χ1) is 8.05. The fourth-order valence-electron chi connectivity index (χ4n) is 2.43. The number of benzene rings is 1. The molecule has 4 N–H and O–H groups in total. The smallest absolute Gasteiger partial charge is 0.0166 e. The molecule has 0 aliphatic carbocycles. The molecule has 0 spiro atoms. The van der Waals surface area contributed by atoms with Crippen molar-refractivity contribution in [3.63, 3.8) is 0 Å². The minimum Gasteiger partial charge on any atom is -0.412 e. The molecule has 0 saturated carbocycles. The molecule has 0 bridgehead atoms. The maximum atomic E-state index is 6.33. The summed E-state index contributed by atoms with van der Waals surface area (Å²) in [6.45, 7) is 6.54. The van der Waals surface area contributed by atoms with Gasteiger partial charge in [-0.15, -0.1) is 0 Å². The van der Waals surface area contributed by atoms with E-state index < -0.39 is 0 Å². The number of hydrogen-bond acceptors (Lipinski definition) is 1. The Morgan fingerprint density at radius 1 is 1.06 bits per heavy atom. The van der Waals surface area contributed by atoms with Crippen LogP contribution in [-0.2, 0) is 0 Å². The number of hydrogen-bond donors (Lipinski definition) is 1. The molecular formula is C16H29NO. The van der Waals surface area contributed by atoms with E-state index in [0.717, 1.165) is 0 Å². The first-order valence-corrected chi connectivity index (χ1v) is 6.89. The van der Waals surface area contributed by atoms with E-state index in [1.807, 2.05) is 0 Å². The third-order valence-corrected chi connectivity index (χ3v) is 3.45. The van der Waals surface area contributed by atoms with Gasteiger partial charge in [-0.05, 0) is 25.8 Å².